The van der Waals surface area contributed by atoms with E-state index in [2.05, 4.69) is 6.58 Å². The summed E-state index contributed by atoms with van der Waals surface area (Å²) in [5.41, 5.74) is -0.479. The first kappa shape index (κ1) is 11.8. The van der Waals surface area contributed by atoms with Gasteiger partial charge in [0.15, 0.2) is 5.72 Å². The molecule has 4 heteroatoms. The van der Waals surface area contributed by atoms with Crippen molar-refractivity contribution in [2.75, 3.05) is 6.54 Å². The lowest BCUT2D eigenvalue weighted by molar-refractivity contribution is -0.177. The van der Waals surface area contributed by atoms with Crippen LogP contribution < -0.4 is 0 Å². The molecule has 2 saturated heterocycles. The Hall–Kier alpha value is -0.870. The van der Waals surface area contributed by atoms with Crippen LogP contribution in [0.4, 0.5) is 0 Å². The summed E-state index contributed by atoms with van der Waals surface area (Å²) < 4.78 is 6.37. The molecule has 108 valence electrons. The molecular formula is C16H21NO3. The molecule has 3 aliphatic carbocycles. The van der Waals surface area contributed by atoms with Crippen LogP contribution in [-0.4, -0.2) is 40.4 Å². The van der Waals surface area contributed by atoms with Gasteiger partial charge in [-0.2, -0.15) is 0 Å². The van der Waals surface area contributed by atoms with Gasteiger partial charge < -0.3 is 14.7 Å². The minimum absolute atomic E-state index is 0.00690. The fourth-order valence-corrected chi connectivity index (χ4v) is 5.66. The topological polar surface area (TPSA) is 49.8 Å². The number of fused-ring (bicyclic) bond motifs is 2. The van der Waals surface area contributed by atoms with Crippen molar-refractivity contribution in [3.05, 3.63) is 12.7 Å². The Morgan fingerprint density at radius 2 is 2.25 bits per heavy atom. The molecule has 2 aliphatic heterocycles. The summed E-state index contributed by atoms with van der Waals surface area (Å²) in [7, 11) is 0. The molecule has 0 aromatic heterocycles. The summed E-state index contributed by atoms with van der Waals surface area (Å²) in [6.07, 6.45) is 5.57. The molecule has 5 rings (SSSR count). The van der Waals surface area contributed by atoms with Gasteiger partial charge in [-0.1, -0.05) is 6.08 Å². The highest BCUT2D eigenvalue weighted by Crippen LogP contribution is 2.68. The van der Waals surface area contributed by atoms with Crippen LogP contribution in [-0.2, 0) is 9.53 Å². The van der Waals surface area contributed by atoms with E-state index in [0.29, 0.717) is 24.2 Å². The Kier molecular flexibility index (Phi) is 2.04. The lowest BCUT2D eigenvalue weighted by Crippen LogP contribution is -2.51. The zero-order chi connectivity index (χ0) is 13.6. The molecule has 1 amide bonds. The summed E-state index contributed by atoms with van der Waals surface area (Å²) in [6.45, 7) is 4.73. The van der Waals surface area contributed by atoms with E-state index >= 15 is 0 Å². The molecule has 2 heterocycles. The lowest BCUT2D eigenvalue weighted by Gasteiger charge is -2.38. The maximum Gasteiger partial charge on any atom is 0.228 e. The van der Waals surface area contributed by atoms with Gasteiger partial charge in [-0.25, -0.2) is 0 Å². The van der Waals surface area contributed by atoms with Crippen molar-refractivity contribution in [2.45, 2.75) is 43.6 Å². The summed E-state index contributed by atoms with van der Waals surface area (Å²) in [6, 6.07) is 0. The zero-order valence-electron chi connectivity index (χ0n) is 11.6. The van der Waals surface area contributed by atoms with E-state index in [9.17, 15) is 9.90 Å². The predicted molar refractivity (Wildman–Crippen MR) is 71.4 cm³/mol. The van der Waals surface area contributed by atoms with Crippen molar-refractivity contribution in [3.8, 4) is 0 Å². The number of aliphatic hydroxyl groups is 1. The van der Waals surface area contributed by atoms with Crippen molar-refractivity contribution >= 4 is 5.91 Å². The maximum atomic E-state index is 12.9. The first-order valence-electron chi connectivity index (χ1n) is 7.95. The molecule has 5 fully saturated rings. The van der Waals surface area contributed by atoms with Crippen LogP contribution in [0, 0.1) is 29.6 Å². The van der Waals surface area contributed by atoms with Crippen LogP contribution in [0.15, 0.2) is 12.7 Å². The molecule has 2 bridgehead atoms. The second-order valence-corrected chi connectivity index (χ2v) is 7.42. The third-order valence-corrected chi connectivity index (χ3v) is 6.49. The van der Waals surface area contributed by atoms with Gasteiger partial charge in [-0.05, 0) is 37.0 Å². The summed E-state index contributed by atoms with van der Waals surface area (Å²) >= 11 is 0. The van der Waals surface area contributed by atoms with Gasteiger partial charge in [-0.15, -0.1) is 6.58 Å². The average Bonchev–Trinajstić information content (AvgIpc) is 2.91. The number of likely N-dealkylation sites (tertiary alicyclic amines) is 1. The number of amides is 1. The number of aliphatic hydroxyl groups excluding tert-OH is 1. The number of rotatable bonds is 4. The Morgan fingerprint density at radius 1 is 1.45 bits per heavy atom. The molecule has 0 spiro atoms. The largest absolute Gasteiger partial charge is 0.390 e. The van der Waals surface area contributed by atoms with E-state index in [1.807, 2.05) is 11.0 Å². The minimum atomic E-state index is -0.479. The molecule has 20 heavy (non-hydrogen) atoms. The van der Waals surface area contributed by atoms with Gasteiger partial charge in [0.2, 0.25) is 5.91 Å². The molecule has 3 saturated carbocycles. The van der Waals surface area contributed by atoms with Crippen molar-refractivity contribution in [3.63, 3.8) is 0 Å². The van der Waals surface area contributed by atoms with E-state index in [0.717, 1.165) is 13.0 Å². The molecule has 0 aromatic carbocycles. The smallest absolute Gasteiger partial charge is 0.228 e. The fourth-order valence-electron chi connectivity index (χ4n) is 5.66. The zero-order valence-corrected chi connectivity index (χ0v) is 11.6. The highest BCUT2D eigenvalue weighted by atomic mass is 16.6. The van der Waals surface area contributed by atoms with Crippen molar-refractivity contribution in [2.24, 2.45) is 29.6 Å². The van der Waals surface area contributed by atoms with Crippen LogP contribution >= 0.6 is 0 Å². The summed E-state index contributed by atoms with van der Waals surface area (Å²) in [5.74, 6) is 1.74. The molecule has 1 N–H and O–H groups in total. The van der Waals surface area contributed by atoms with E-state index in [-0.39, 0.29) is 23.8 Å². The first-order chi connectivity index (χ1) is 9.67. The van der Waals surface area contributed by atoms with Crippen LogP contribution in [0.5, 0.6) is 0 Å². The fraction of sp³-hybridized carbons (Fsp3) is 0.812. The normalized spacial score (nSPS) is 55.0. The summed E-state index contributed by atoms with van der Waals surface area (Å²) in [5, 5.41) is 10.4. The second-order valence-electron chi connectivity index (χ2n) is 7.42. The second kappa shape index (κ2) is 3.47. The average molecular weight is 275 g/mol. The van der Waals surface area contributed by atoms with Crippen molar-refractivity contribution in [1.82, 2.24) is 4.90 Å². The minimum Gasteiger partial charge on any atom is -0.390 e. The quantitative estimate of drug-likeness (QED) is 0.783. The van der Waals surface area contributed by atoms with Gasteiger partial charge in [0, 0.05) is 18.9 Å². The summed E-state index contributed by atoms with van der Waals surface area (Å²) in [4.78, 5) is 14.9. The van der Waals surface area contributed by atoms with Gasteiger partial charge in [0.25, 0.3) is 0 Å². The van der Waals surface area contributed by atoms with Crippen LogP contribution in [0.25, 0.3) is 0 Å². The molecule has 7 atom stereocenters. The highest BCUT2D eigenvalue weighted by molar-refractivity contribution is 5.84. The van der Waals surface area contributed by atoms with E-state index in [1.165, 1.54) is 12.8 Å². The molecule has 4 nitrogen and oxygen atoms in total. The highest BCUT2D eigenvalue weighted by Gasteiger charge is 2.77. The van der Waals surface area contributed by atoms with E-state index < -0.39 is 11.8 Å². The van der Waals surface area contributed by atoms with E-state index in [1.54, 1.807) is 0 Å². The molecular weight excluding hydrogens is 254 g/mol. The van der Waals surface area contributed by atoms with Crippen molar-refractivity contribution in [1.29, 1.82) is 0 Å². The Balaban J connectivity index is 1.60. The lowest BCUT2D eigenvalue weighted by atomic mass is 9.76. The number of hydrogen-bond acceptors (Lipinski definition) is 3. The van der Waals surface area contributed by atoms with Gasteiger partial charge in [0.05, 0.1) is 18.1 Å². The third-order valence-electron chi connectivity index (χ3n) is 6.49. The van der Waals surface area contributed by atoms with Crippen LogP contribution in [0.1, 0.15) is 25.7 Å². The number of ether oxygens (including phenoxy) is 1. The van der Waals surface area contributed by atoms with Gasteiger partial charge in [-0.3, -0.25) is 4.79 Å². The monoisotopic (exact) mass is 275 g/mol. The van der Waals surface area contributed by atoms with Crippen LogP contribution in [0.2, 0.25) is 0 Å². The number of carbonyl (C=O) groups is 1. The van der Waals surface area contributed by atoms with Crippen molar-refractivity contribution < 1.29 is 14.6 Å². The van der Waals surface area contributed by atoms with Crippen LogP contribution in [0.3, 0.4) is 0 Å². The molecule has 0 radical (unpaired) electrons. The molecule has 0 aromatic rings. The standard InChI is InChI=1S/C16H21NO3/c1-2-5-16-12-10-6-9(13(18)14(10)20-16)11(12)15(19)17(16)7-8-3-4-8/h2,8-14,18H,1,3-7H2. The molecule has 7 unspecified atom stereocenters. The van der Waals surface area contributed by atoms with E-state index in [4.69, 9.17) is 4.74 Å². The Labute approximate surface area is 118 Å². The number of carbonyl (C=O) groups excluding carboxylic acids is 1. The van der Waals surface area contributed by atoms with Gasteiger partial charge in [0.1, 0.15) is 0 Å². The number of nitrogens with zero attached hydrogens (tertiary/aromatic N) is 1. The third kappa shape index (κ3) is 1.12. The maximum absolute atomic E-state index is 12.9. The SMILES string of the molecule is C=CCC12OC3C(O)C4CC3C1C4C(=O)N2CC1CC1. The van der Waals surface area contributed by atoms with Gasteiger partial charge >= 0.3 is 0 Å². The molecule has 5 aliphatic rings. The Morgan fingerprint density at radius 3 is 2.95 bits per heavy atom. The predicted octanol–water partition coefficient (Wildman–Crippen LogP) is 1.15. The first-order valence-corrected chi connectivity index (χ1v) is 7.95. The number of hydrogen-bond donors (Lipinski definition) is 1. The Bertz CT molecular complexity index is 502.